The van der Waals surface area contributed by atoms with Crippen molar-refractivity contribution in [2.24, 2.45) is 0 Å². The lowest BCUT2D eigenvalue weighted by Crippen LogP contribution is -2.56. The molecule has 1 aliphatic carbocycles. The molecule has 0 saturated heterocycles. The van der Waals surface area contributed by atoms with Crippen LogP contribution in [0.4, 0.5) is 0 Å². The molecular weight excluding hydrogens is 240 g/mol. The Morgan fingerprint density at radius 3 is 2.58 bits per heavy atom. The molecule has 106 valence electrons. The van der Waals surface area contributed by atoms with Crippen LogP contribution in [-0.4, -0.2) is 43.3 Å². The minimum atomic E-state index is 0.291. The zero-order valence-corrected chi connectivity index (χ0v) is 12.1. The molecule has 1 aromatic rings. The molecule has 4 heteroatoms. The number of nitrogens with zero attached hydrogens (tertiary/aromatic N) is 1. The first-order valence-corrected chi connectivity index (χ1v) is 6.81. The number of hydrogen-bond acceptors (Lipinski definition) is 4. The highest BCUT2D eigenvalue weighted by atomic mass is 16.5. The Bertz CT molecular complexity index is 428. The van der Waals surface area contributed by atoms with Gasteiger partial charge in [0, 0.05) is 30.3 Å². The van der Waals surface area contributed by atoms with Crippen LogP contribution in [-0.2, 0) is 6.54 Å². The molecule has 19 heavy (non-hydrogen) atoms. The van der Waals surface area contributed by atoms with E-state index < -0.39 is 0 Å². The van der Waals surface area contributed by atoms with E-state index in [2.05, 4.69) is 24.3 Å². The van der Waals surface area contributed by atoms with Gasteiger partial charge in [-0.2, -0.15) is 0 Å². The van der Waals surface area contributed by atoms with Crippen LogP contribution in [0.15, 0.2) is 18.2 Å². The normalized spacial score (nSPS) is 17.3. The standard InChI is InChI=1S/C15H24N2O2/c1-17(2)15(7-4-8-15)11-16-10-12-5-6-13(19-3)9-14(12)18/h5-6,9,16,18H,4,7-8,10-11H2,1-3H3. The largest absolute Gasteiger partial charge is 0.507 e. The van der Waals surface area contributed by atoms with Gasteiger partial charge in [0.1, 0.15) is 11.5 Å². The molecule has 0 spiro atoms. The molecule has 0 amide bonds. The summed E-state index contributed by atoms with van der Waals surface area (Å²) in [5.74, 6) is 0.976. The van der Waals surface area contributed by atoms with Gasteiger partial charge in [-0.25, -0.2) is 0 Å². The SMILES string of the molecule is COc1ccc(CNCC2(N(C)C)CCC2)c(O)c1. The summed E-state index contributed by atoms with van der Waals surface area (Å²) >= 11 is 0. The summed E-state index contributed by atoms with van der Waals surface area (Å²) in [6.45, 7) is 1.65. The number of likely N-dealkylation sites (N-methyl/N-ethyl adjacent to an activating group) is 1. The van der Waals surface area contributed by atoms with Gasteiger partial charge in [0.2, 0.25) is 0 Å². The van der Waals surface area contributed by atoms with E-state index in [1.54, 1.807) is 13.2 Å². The maximum Gasteiger partial charge on any atom is 0.123 e. The molecule has 0 atom stereocenters. The van der Waals surface area contributed by atoms with Gasteiger partial charge in [0.05, 0.1) is 7.11 Å². The highest BCUT2D eigenvalue weighted by molar-refractivity contribution is 5.39. The van der Waals surface area contributed by atoms with Crippen LogP contribution in [0.5, 0.6) is 11.5 Å². The monoisotopic (exact) mass is 264 g/mol. The molecule has 1 aliphatic rings. The van der Waals surface area contributed by atoms with E-state index in [1.165, 1.54) is 19.3 Å². The molecular formula is C15H24N2O2. The Morgan fingerprint density at radius 1 is 1.37 bits per heavy atom. The second-order valence-corrected chi connectivity index (χ2v) is 5.57. The first kappa shape index (κ1) is 14.2. The summed E-state index contributed by atoms with van der Waals surface area (Å²) in [6.07, 6.45) is 3.82. The molecule has 0 aliphatic heterocycles. The van der Waals surface area contributed by atoms with Crippen molar-refractivity contribution >= 4 is 0 Å². The van der Waals surface area contributed by atoms with Crippen molar-refractivity contribution < 1.29 is 9.84 Å². The average molecular weight is 264 g/mol. The molecule has 0 unspecified atom stereocenters. The Labute approximate surface area is 115 Å². The van der Waals surface area contributed by atoms with Crippen LogP contribution in [0.2, 0.25) is 0 Å². The lowest BCUT2D eigenvalue weighted by atomic mass is 9.75. The van der Waals surface area contributed by atoms with Crippen LogP contribution in [0.25, 0.3) is 0 Å². The number of ether oxygens (including phenoxy) is 1. The Hall–Kier alpha value is -1.26. The van der Waals surface area contributed by atoms with E-state index in [0.717, 1.165) is 12.1 Å². The predicted octanol–water partition coefficient (Wildman–Crippen LogP) is 1.97. The van der Waals surface area contributed by atoms with Crippen molar-refractivity contribution in [2.45, 2.75) is 31.3 Å². The second kappa shape index (κ2) is 5.80. The van der Waals surface area contributed by atoms with E-state index in [0.29, 0.717) is 23.6 Å². The molecule has 0 heterocycles. The Morgan fingerprint density at radius 2 is 2.11 bits per heavy atom. The third-order valence-electron chi connectivity index (χ3n) is 4.29. The molecule has 2 N–H and O–H groups in total. The number of hydrogen-bond donors (Lipinski definition) is 2. The van der Waals surface area contributed by atoms with Gasteiger partial charge in [0.15, 0.2) is 0 Å². The zero-order valence-electron chi connectivity index (χ0n) is 12.1. The van der Waals surface area contributed by atoms with Gasteiger partial charge < -0.3 is 20.1 Å². The van der Waals surface area contributed by atoms with Gasteiger partial charge in [-0.15, -0.1) is 0 Å². The first-order valence-electron chi connectivity index (χ1n) is 6.81. The van der Waals surface area contributed by atoms with E-state index in [-0.39, 0.29) is 0 Å². The van der Waals surface area contributed by atoms with Crippen molar-refractivity contribution in [1.82, 2.24) is 10.2 Å². The molecule has 0 radical (unpaired) electrons. The topological polar surface area (TPSA) is 44.7 Å². The number of phenolic OH excluding ortho intramolecular Hbond substituents is 1. The third kappa shape index (κ3) is 3.01. The molecule has 2 rings (SSSR count). The van der Waals surface area contributed by atoms with E-state index >= 15 is 0 Å². The number of methoxy groups -OCH3 is 1. The fraction of sp³-hybridized carbons (Fsp3) is 0.600. The van der Waals surface area contributed by atoms with Gasteiger partial charge in [-0.05, 0) is 39.4 Å². The van der Waals surface area contributed by atoms with Crippen molar-refractivity contribution in [3.05, 3.63) is 23.8 Å². The van der Waals surface area contributed by atoms with Crippen LogP contribution >= 0.6 is 0 Å². The third-order valence-corrected chi connectivity index (χ3v) is 4.29. The molecule has 0 aromatic heterocycles. The van der Waals surface area contributed by atoms with E-state index in [9.17, 15) is 5.11 Å². The number of aromatic hydroxyl groups is 1. The quantitative estimate of drug-likeness (QED) is 0.824. The number of rotatable bonds is 6. The summed E-state index contributed by atoms with van der Waals surface area (Å²) in [5, 5.41) is 13.4. The molecule has 1 saturated carbocycles. The van der Waals surface area contributed by atoms with Gasteiger partial charge in [-0.3, -0.25) is 0 Å². The minimum absolute atomic E-state index is 0.291. The van der Waals surface area contributed by atoms with Gasteiger partial charge in [0.25, 0.3) is 0 Å². The Kier molecular flexibility index (Phi) is 4.32. The summed E-state index contributed by atoms with van der Waals surface area (Å²) < 4.78 is 5.08. The highest BCUT2D eigenvalue weighted by Crippen LogP contribution is 2.35. The van der Waals surface area contributed by atoms with E-state index in [1.807, 2.05) is 12.1 Å². The molecule has 1 fully saturated rings. The predicted molar refractivity (Wildman–Crippen MR) is 76.6 cm³/mol. The first-order chi connectivity index (χ1) is 9.07. The average Bonchev–Trinajstić information content (AvgIpc) is 2.33. The maximum absolute atomic E-state index is 9.90. The number of benzene rings is 1. The van der Waals surface area contributed by atoms with Crippen LogP contribution in [0.1, 0.15) is 24.8 Å². The summed E-state index contributed by atoms with van der Waals surface area (Å²) in [6, 6.07) is 5.44. The van der Waals surface area contributed by atoms with Crippen molar-refractivity contribution in [3.63, 3.8) is 0 Å². The summed E-state index contributed by atoms with van der Waals surface area (Å²) in [5.41, 5.74) is 1.22. The van der Waals surface area contributed by atoms with Crippen LogP contribution in [0.3, 0.4) is 0 Å². The molecule has 4 nitrogen and oxygen atoms in total. The zero-order chi connectivity index (χ0) is 13.9. The van der Waals surface area contributed by atoms with Crippen molar-refractivity contribution in [2.75, 3.05) is 27.7 Å². The van der Waals surface area contributed by atoms with Crippen molar-refractivity contribution in [1.29, 1.82) is 0 Å². The molecule has 0 bridgehead atoms. The van der Waals surface area contributed by atoms with Gasteiger partial charge >= 0.3 is 0 Å². The lowest BCUT2D eigenvalue weighted by Gasteiger charge is -2.47. The second-order valence-electron chi connectivity index (χ2n) is 5.57. The number of phenols is 1. The summed E-state index contributed by atoms with van der Waals surface area (Å²) in [7, 11) is 5.89. The fourth-order valence-corrected chi connectivity index (χ4v) is 2.62. The minimum Gasteiger partial charge on any atom is -0.507 e. The summed E-state index contributed by atoms with van der Waals surface area (Å²) in [4.78, 5) is 2.32. The molecule has 1 aromatic carbocycles. The van der Waals surface area contributed by atoms with Crippen LogP contribution in [0, 0.1) is 0 Å². The Balaban J connectivity index is 1.89. The van der Waals surface area contributed by atoms with Crippen molar-refractivity contribution in [3.8, 4) is 11.5 Å². The maximum atomic E-state index is 9.90. The highest BCUT2D eigenvalue weighted by Gasteiger charge is 2.38. The lowest BCUT2D eigenvalue weighted by molar-refractivity contribution is 0.0597. The number of nitrogens with one attached hydrogen (secondary N) is 1. The van der Waals surface area contributed by atoms with Crippen LogP contribution < -0.4 is 10.1 Å². The van der Waals surface area contributed by atoms with E-state index in [4.69, 9.17) is 4.74 Å². The van der Waals surface area contributed by atoms with Gasteiger partial charge in [-0.1, -0.05) is 6.07 Å². The smallest absolute Gasteiger partial charge is 0.123 e. The fourth-order valence-electron chi connectivity index (χ4n) is 2.62.